The van der Waals surface area contributed by atoms with Gasteiger partial charge >= 0.3 is 0 Å². The first kappa shape index (κ1) is 12.0. The van der Waals surface area contributed by atoms with Crippen molar-refractivity contribution >= 4 is 10.9 Å². The summed E-state index contributed by atoms with van der Waals surface area (Å²) in [5.41, 5.74) is 0.918. The van der Waals surface area contributed by atoms with Crippen LogP contribution < -0.4 is 0 Å². The van der Waals surface area contributed by atoms with Gasteiger partial charge in [0.25, 0.3) is 0 Å². The fourth-order valence-corrected chi connectivity index (χ4v) is 2.01. The van der Waals surface area contributed by atoms with Crippen molar-refractivity contribution in [2.45, 2.75) is 18.9 Å². The van der Waals surface area contributed by atoms with Gasteiger partial charge in [0.15, 0.2) is 0 Å². The molecule has 1 heterocycles. The number of nitrogens with zero attached hydrogens (tertiary/aromatic N) is 1. The topological polar surface area (TPSA) is 42.4 Å². The van der Waals surface area contributed by atoms with Crippen molar-refractivity contribution in [3.8, 4) is 0 Å². The van der Waals surface area contributed by atoms with Crippen molar-refractivity contribution in [3.63, 3.8) is 0 Å². The van der Waals surface area contributed by atoms with E-state index in [2.05, 4.69) is 4.98 Å². The lowest BCUT2D eigenvalue weighted by molar-refractivity contribution is 0.0223. The number of aromatic nitrogens is 1. The Hall–Kier alpha value is -1.45. The van der Waals surface area contributed by atoms with Gasteiger partial charge in [0.2, 0.25) is 0 Å². The van der Waals surface area contributed by atoms with Gasteiger partial charge in [0, 0.05) is 31.7 Å². The number of aliphatic hydroxyl groups is 1. The van der Waals surface area contributed by atoms with Crippen molar-refractivity contribution in [2.24, 2.45) is 0 Å². The van der Waals surface area contributed by atoms with Crippen molar-refractivity contribution in [2.75, 3.05) is 13.7 Å². The van der Waals surface area contributed by atoms with Gasteiger partial charge in [-0.3, -0.25) is 4.98 Å². The number of pyridine rings is 1. The van der Waals surface area contributed by atoms with Crippen molar-refractivity contribution in [1.82, 2.24) is 4.98 Å². The van der Waals surface area contributed by atoms with E-state index in [1.54, 1.807) is 13.3 Å². The molecular formula is C14H17NO2. The van der Waals surface area contributed by atoms with Crippen LogP contribution in [0.3, 0.4) is 0 Å². The molecule has 1 N–H and O–H groups in total. The zero-order chi connectivity index (χ0) is 12.3. The van der Waals surface area contributed by atoms with Gasteiger partial charge in [0.05, 0.1) is 11.1 Å². The SMILES string of the molecule is COCCC(C)(O)c1cccc2ncccc12. The lowest BCUT2D eigenvalue weighted by atomic mass is 9.90. The molecule has 0 radical (unpaired) electrons. The molecule has 2 rings (SSSR count). The Morgan fingerprint density at radius 2 is 2.12 bits per heavy atom. The highest BCUT2D eigenvalue weighted by atomic mass is 16.5. The molecule has 3 heteroatoms. The van der Waals surface area contributed by atoms with Crippen molar-refractivity contribution < 1.29 is 9.84 Å². The maximum atomic E-state index is 10.5. The maximum Gasteiger partial charge on any atom is 0.0897 e. The second kappa shape index (κ2) is 4.82. The molecule has 1 aromatic heterocycles. The molecule has 0 aliphatic carbocycles. The Labute approximate surface area is 101 Å². The number of methoxy groups -OCH3 is 1. The van der Waals surface area contributed by atoms with Crippen LogP contribution >= 0.6 is 0 Å². The summed E-state index contributed by atoms with van der Waals surface area (Å²) in [7, 11) is 1.64. The Morgan fingerprint density at radius 1 is 1.29 bits per heavy atom. The summed E-state index contributed by atoms with van der Waals surface area (Å²) < 4.78 is 5.04. The van der Waals surface area contributed by atoms with E-state index in [0.29, 0.717) is 13.0 Å². The van der Waals surface area contributed by atoms with Crippen LogP contribution in [0, 0.1) is 0 Å². The van der Waals surface area contributed by atoms with Crippen LogP contribution in [0.5, 0.6) is 0 Å². The minimum atomic E-state index is -0.890. The zero-order valence-corrected chi connectivity index (χ0v) is 10.2. The fraction of sp³-hybridized carbons (Fsp3) is 0.357. The van der Waals surface area contributed by atoms with Crippen molar-refractivity contribution in [1.29, 1.82) is 0 Å². The molecule has 3 nitrogen and oxygen atoms in total. The summed E-state index contributed by atoms with van der Waals surface area (Å²) in [4.78, 5) is 4.29. The smallest absolute Gasteiger partial charge is 0.0897 e. The van der Waals surface area contributed by atoms with Crippen LogP contribution in [0.4, 0.5) is 0 Å². The number of benzene rings is 1. The fourth-order valence-electron chi connectivity index (χ4n) is 2.01. The molecule has 0 saturated heterocycles. The van der Waals surface area contributed by atoms with Gasteiger partial charge in [-0.15, -0.1) is 0 Å². The number of fused-ring (bicyclic) bond motifs is 1. The quantitative estimate of drug-likeness (QED) is 0.879. The summed E-state index contributed by atoms with van der Waals surface area (Å²) in [6.45, 7) is 2.34. The molecule has 0 amide bonds. The van der Waals surface area contributed by atoms with E-state index < -0.39 is 5.60 Å². The van der Waals surface area contributed by atoms with Crippen LogP contribution in [0.15, 0.2) is 36.5 Å². The van der Waals surface area contributed by atoms with E-state index in [9.17, 15) is 5.11 Å². The average Bonchev–Trinajstić information content (AvgIpc) is 2.36. The number of hydrogen-bond donors (Lipinski definition) is 1. The van der Waals surface area contributed by atoms with Crippen LogP contribution in [-0.2, 0) is 10.3 Å². The van der Waals surface area contributed by atoms with E-state index >= 15 is 0 Å². The van der Waals surface area contributed by atoms with E-state index in [4.69, 9.17) is 4.74 Å². The minimum Gasteiger partial charge on any atom is -0.385 e. The van der Waals surface area contributed by atoms with Crippen LogP contribution in [-0.4, -0.2) is 23.8 Å². The number of rotatable bonds is 4. The first-order chi connectivity index (χ1) is 8.15. The highest BCUT2D eigenvalue weighted by Gasteiger charge is 2.24. The first-order valence-corrected chi connectivity index (χ1v) is 5.71. The molecule has 17 heavy (non-hydrogen) atoms. The highest BCUT2D eigenvalue weighted by Crippen LogP contribution is 2.30. The molecule has 0 aliphatic rings. The van der Waals surface area contributed by atoms with Gasteiger partial charge in [-0.2, -0.15) is 0 Å². The third-order valence-electron chi connectivity index (χ3n) is 3.02. The van der Waals surface area contributed by atoms with Crippen LogP contribution in [0.1, 0.15) is 18.9 Å². The second-order valence-electron chi connectivity index (χ2n) is 4.39. The Balaban J connectivity index is 2.47. The van der Waals surface area contributed by atoms with Gasteiger partial charge in [-0.1, -0.05) is 18.2 Å². The predicted octanol–water partition coefficient (Wildman–Crippen LogP) is 2.48. The third kappa shape index (κ3) is 2.46. The molecule has 0 bridgehead atoms. The van der Waals surface area contributed by atoms with E-state index in [1.165, 1.54) is 0 Å². The summed E-state index contributed by atoms with van der Waals surface area (Å²) in [5.74, 6) is 0. The van der Waals surface area contributed by atoms with E-state index in [-0.39, 0.29) is 0 Å². The molecule has 1 unspecified atom stereocenters. The van der Waals surface area contributed by atoms with Crippen LogP contribution in [0.2, 0.25) is 0 Å². The molecular weight excluding hydrogens is 214 g/mol. The molecule has 0 aliphatic heterocycles. The molecule has 90 valence electrons. The minimum absolute atomic E-state index is 0.531. The Bertz CT molecular complexity index is 503. The Kier molecular flexibility index (Phi) is 3.41. The van der Waals surface area contributed by atoms with Gasteiger partial charge < -0.3 is 9.84 Å². The highest BCUT2D eigenvalue weighted by molar-refractivity contribution is 5.82. The maximum absolute atomic E-state index is 10.5. The van der Waals surface area contributed by atoms with Crippen LogP contribution in [0.25, 0.3) is 10.9 Å². The number of ether oxygens (including phenoxy) is 1. The second-order valence-corrected chi connectivity index (χ2v) is 4.39. The Morgan fingerprint density at radius 3 is 2.88 bits per heavy atom. The molecule has 1 aromatic carbocycles. The summed E-state index contributed by atoms with van der Waals surface area (Å²) in [5, 5.41) is 11.5. The standard InChI is InChI=1S/C14H17NO2/c1-14(16,8-10-17-2)12-6-3-7-13-11(12)5-4-9-15-13/h3-7,9,16H,8,10H2,1-2H3. The third-order valence-corrected chi connectivity index (χ3v) is 3.02. The first-order valence-electron chi connectivity index (χ1n) is 5.71. The largest absolute Gasteiger partial charge is 0.385 e. The molecule has 2 aromatic rings. The van der Waals surface area contributed by atoms with E-state index in [0.717, 1.165) is 16.5 Å². The molecule has 0 spiro atoms. The zero-order valence-electron chi connectivity index (χ0n) is 10.2. The normalized spacial score (nSPS) is 14.8. The van der Waals surface area contributed by atoms with Gasteiger partial charge in [-0.05, 0) is 24.6 Å². The summed E-state index contributed by atoms with van der Waals surface area (Å²) in [6, 6.07) is 9.69. The lowest BCUT2D eigenvalue weighted by Gasteiger charge is -2.24. The van der Waals surface area contributed by atoms with Crippen molar-refractivity contribution in [3.05, 3.63) is 42.1 Å². The average molecular weight is 231 g/mol. The predicted molar refractivity (Wildman–Crippen MR) is 67.8 cm³/mol. The van der Waals surface area contributed by atoms with Gasteiger partial charge in [0.1, 0.15) is 0 Å². The molecule has 0 fully saturated rings. The molecule has 0 saturated carbocycles. The summed E-state index contributed by atoms with van der Waals surface area (Å²) in [6.07, 6.45) is 2.33. The summed E-state index contributed by atoms with van der Waals surface area (Å²) >= 11 is 0. The molecule has 1 atom stereocenters. The van der Waals surface area contributed by atoms with E-state index in [1.807, 2.05) is 37.3 Å². The number of hydrogen-bond acceptors (Lipinski definition) is 3. The lowest BCUT2D eigenvalue weighted by Crippen LogP contribution is -2.23. The van der Waals surface area contributed by atoms with Gasteiger partial charge in [-0.25, -0.2) is 0 Å². The monoisotopic (exact) mass is 231 g/mol.